The number of nitrogens with one attached hydrogen (secondary N) is 1. The second kappa shape index (κ2) is 4.27. The highest BCUT2D eigenvalue weighted by molar-refractivity contribution is 5.69. The van der Waals surface area contributed by atoms with Crippen LogP contribution in [0.1, 0.15) is 0 Å². The van der Waals surface area contributed by atoms with Gasteiger partial charge in [-0.2, -0.15) is 0 Å². The zero-order chi connectivity index (χ0) is 8.97. The lowest BCUT2D eigenvalue weighted by Gasteiger charge is -2.17. The van der Waals surface area contributed by atoms with E-state index in [1.54, 1.807) is 0 Å². The summed E-state index contributed by atoms with van der Waals surface area (Å²) in [5.74, 6) is 0. The minimum atomic E-state index is -0.318. The summed E-state index contributed by atoms with van der Waals surface area (Å²) in [5.41, 5.74) is 5.37. The number of hydrogen-bond acceptors (Lipinski definition) is 4. The minimum absolute atomic E-state index is 0.0194. The van der Waals surface area contributed by atoms with E-state index >= 15 is 0 Å². The van der Waals surface area contributed by atoms with Crippen molar-refractivity contribution >= 4 is 6.09 Å². The number of carbonyl (C=O) groups excluding carboxylic acids is 1. The summed E-state index contributed by atoms with van der Waals surface area (Å²) in [6, 6.07) is 0. The zero-order valence-electron chi connectivity index (χ0n) is 7.25. The minimum Gasteiger partial charge on any atom is -0.443 e. The van der Waals surface area contributed by atoms with Crippen LogP contribution in [0.15, 0.2) is 0 Å². The van der Waals surface area contributed by atoms with Crippen molar-refractivity contribution in [3.8, 4) is 0 Å². The van der Waals surface area contributed by atoms with Gasteiger partial charge in [-0.1, -0.05) is 0 Å². The first-order valence-electron chi connectivity index (χ1n) is 4.05. The summed E-state index contributed by atoms with van der Waals surface area (Å²) in [6.45, 7) is 2.81. The molecular formula is C7H15N3O2. The molecule has 0 aromatic carbocycles. The summed E-state index contributed by atoms with van der Waals surface area (Å²) >= 11 is 0. The van der Waals surface area contributed by atoms with Gasteiger partial charge in [-0.25, -0.2) is 4.79 Å². The van der Waals surface area contributed by atoms with E-state index in [0.29, 0.717) is 13.1 Å². The summed E-state index contributed by atoms with van der Waals surface area (Å²) < 4.78 is 4.95. The third-order valence-corrected chi connectivity index (χ3v) is 1.77. The van der Waals surface area contributed by atoms with Gasteiger partial charge in [0, 0.05) is 19.6 Å². The zero-order valence-corrected chi connectivity index (χ0v) is 7.25. The Morgan fingerprint density at radius 2 is 2.58 bits per heavy atom. The normalized spacial score (nSPS) is 22.6. The van der Waals surface area contributed by atoms with Crippen molar-refractivity contribution in [2.75, 3.05) is 33.2 Å². The molecule has 5 nitrogen and oxygen atoms in total. The van der Waals surface area contributed by atoms with E-state index in [-0.39, 0.29) is 12.2 Å². The van der Waals surface area contributed by atoms with Crippen LogP contribution in [0.2, 0.25) is 0 Å². The van der Waals surface area contributed by atoms with Gasteiger partial charge in [0.15, 0.2) is 0 Å². The molecular weight excluding hydrogens is 158 g/mol. The van der Waals surface area contributed by atoms with Crippen LogP contribution in [-0.4, -0.2) is 50.3 Å². The topological polar surface area (TPSA) is 67.6 Å². The number of nitrogens with zero attached hydrogens (tertiary/aromatic N) is 1. The van der Waals surface area contributed by atoms with E-state index in [1.807, 2.05) is 11.9 Å². The molecule has 3 N–H and O–H groups in total. The number of rotatable bonds is 4. The van der Waals surface area contributed by atoms with E-state index in [0.717, 1.165) is 13.1 Å². The number of likely N-dealkylation sites (N-methyl/N-ethyl adjacent to an activating group) is 1. The predicted octanol–water partition coefficient (Wildman–Crippen LogP) is -1.01. The van der Waals surface area contributed by atoms with Gasteiger partial charge in [0.05, 0.1) is 6.54 Å². The molecule has 1 saturated heterocycles. The number of ether oxygens (including phenoxy) is 1. The lowest BCUT2D eigenvalue weighted by atomic mass is 10.3. The molecule has 0 aromatic heterocycles. The average Bonchev–Trinajstić information content (AvgIpc) is 2.36. The van der Waals surface area contributed by atoms with Crippen LogP contribution in [-0.2, 0) is 4.74 Å². The number of hydrogen-bond donors (Lipinski definition) is 2. The number of alkyl carbamates (subject to hydrolysis) is 1. The summed E-state index contributed by atoms with van der Waals surface area (Å²) in [7, 11) is 1.96. The molecule has 1 aliphatic rings. The Kier molecular flexibility index (Phi) is 3.31. The Labute approximate surface area is 71.8 Å². The Balaban J connectivity index is 2.18. The van der Waals surface area contributed by atoms with E-state index in [1.165, 1.54) is 0 Å². The van der Waals surface area contributed by atoms with Crippen LogP contribution in [0, 0.1) is 0 Å². The van der Waals surface area contributed by atoms with Crippen LogP contribution in [0.4, 0.5) is 4.79 Å². The Morgan fingerprint density at radius 3 is 3.08 bits per heavy atom. The van der Waals surface area contributed by atoms with Crippen LogP contribution in [0.5, 0.6) is 0 Å². The molecule has 1 atom stereocenters. The van der Waals surface area contributed by atoms with Gasteiger partial charge in [-0.15, -0.1) is 0 Å². The van der Waals surface area contributed by atoms with Crippen LogP contribution >= 0.6 is 0 Å². The summed E-state index contributed by atoms with van der Waals surface area (Å²) in [6.07, 6.45) is -0.338. The fraction of sp³-hybridized carbons (Fsp3) is 0.857. The lowest BCUT2D eigenvalue weighted by Crippen LogP contribution is -2.34. The molecule has 0 aromatic rings. The maximum atomic E-state index is 10.6. The van der Waals surface area contributed by atoms with Gasteiger partial charge in [0.2, 0.25) is 0 Å². The molecule has 1 aliphatic heterocycles. The molecule has 1 unspecified atom stereocenters. The lowest BCUT2D eigenvalue weighted by molar-refractivity contribution is 0.117. The van der Waals surface area contributed by atoms with E-state index in [2.05, 4.69) is 5.32 Å². The van der Waals surface area contributed by atoms with Crippen molar-refractivity contribution in [3.63, 3.8) is 0 Å². The van der Waals surface area contributed by atoms with Gasteiger partial charge in [-0.3, -0.25) is 0 Å². The first-order valence-corrected chi connectivity index (χ1v) is 4.05. The van der Waals surface area contributed by atoms with E-state index in [4.69, 9.17) is 10.5 Å². The van der Waals surface area contributed by atoms with Gasteiger partial charge in [-0.05, 0) is 7.05 Å². The molecule has 0 radical (unpaired) electrons. The summed E-state index contributed by atoms with van der Waals surface area (Å²) in [4.78, 5) is 12.7. The maximum absolute atomic E-state index is 10.6. The SMILES string of the molecule is CN(CCN)CC1CNC(=O)O1. The predicted molar refractivity (Wildman–Crippen MR) is 44.8 cm³/mol. The quantitative estimate of drug-likeness (QED) is 0.571. The molecule has 1 amide bonds. The number of carbonyl (C=O) groups is 1. The number of cyclic esters (lactones) is 1. The standard InChI is InChI=1S/C7H15N3O2/c1-10(3-2-8)5-6-4-9-7(11)12-6/h6H,2-5,8H2,1H3,(H,9,11). The second-order valence-corrected chi connectivity index (χ2v) is 2.96. The molecule has 1 heterocycles. The van der Waals surface area contributed by atoms with Crippen molar-refractivity contribution in [1.29, 1.82) is 0 Å². The van der Waals surface area contributed by atoms with Gasteiger partial charge in [0.25, 0.3) is 0 Å². The molecule has 0 saturated carbocycles. The number of nitrogens with two attached hydrogens (primary N) is 1. The fourth-order valence-electron chi connectivity index (χ4n) is 1.19. The van der Waals surface area contributed by atoms with Crippen LogP contribution in [0.3, 0.4) is 0 Å². The molecule has 70 valence electrons. The Bertz CT molecular complexity index is 163. The molecule has 1 rings (SSSR count). The third kappa shape index (κ3) is 2.67. The molecule has 12 heavy (non-hydrogen) atoms. The van der Waals surface area contributed by atoms with Gasteiger partial charge in [0.1, 0.15) is 6.10 Å². The van der Waals surface area contributed by atoms with Gasteiger partial charge >= 0.3 is 6.09 Å². The Hall–Kier alpha value is -0.810. The average molecular weight is 173 g/mol. The highest BCUT2D eigenvalue weighted by Crippen LogP contribution is 2.00. The van der Waals surface area contributed by atoms with Crippen LogP contribution < -0.4 is 11.1 Å². The van der Waals surface area contributed by atoms with E-state index < -0.39 is 0 Å². The smallest absolute Gasteiger partial charge is 0.407 e. The third-order valence-electron chi connectivity index (χ3n) is 1.77. The number of amides is 1. The molecule has 5 heteroatoms. The fourth-order valence-corrected chi connectivity index (χ4v) is 1.19. The first-order chi connectivity index (χ1) is 5.72. The highest BCUT2D eigenvalue weighted by Gasteiger charge is 2.23. The van der Waals surface area contributed by atoms with Crippen molar-refractivity contribution < 1.29 is 9.53 Å². The Morgan fingerprint density at radius 1 is 1.83 bits per heavy atom. The van der Waals surface area contributed by atoms with Crippen LogP contribution in [0.25, 0.3) is 0 Å². The van der Waals surface area contributed by atoms with Gasteiger partial charge < -0.3 is 20.7 Å². The first kappa shape index (κ1) is 9.28. The largest absolute Gasteiger partial charge is 0.443 e. The molecule has 1 fully saturated rings. The van der Waals surface area contributed by atoms with E-state index in [9.17, 15) is 4.79 Å². The molecule has 0 spiro atoms. The molecule has 0 aliphatic carbocycles. The van der Waals surface area contributed by atoms with Crippen molar-refractivity contribution in [2.45, 2.75) is 6.10 Å². The van der Waals surface area contributed by atoms with Crippen molar-refractivity contribution in [2.24, 2.45) is 5.73 Å². The maximum Gasteiger partial charge on any atom is 0.407 e. The molecule has 0 bridgehead atoms. The second-order valence-electron chi connectivity index (χ2n) is 2.96. The highest BCUT2D eigenvalue weighted by atomic mass is 16.6. The van der Waals surface area contributed by atoms with Crippen molar-refractivity contribution in [1.82, 2.24) is 10.2 Å². The summed E-state index contributed by atoms with van der Waals surface area (Å²) in [5, 5.41) is 2.60. The van der Waals surface area contributed by atoms with Crippen molar-refractivity contribution in [3.05, 3.63) is 0 Å². The monoisotopic (exact) mass is 173 g/mol.